The zero-order valence-electron chi connectivity index (χ0n) is 14.6. The molecule has 0 aliphatic heterocycles. The number of halogens is 3. The minimum absolute atomic E-state index is 0.134. The first kappa shape index (κ1) is 19.9. The molecule has 0 aliphatic carbocycles. The van der Waals surface area contributed by atoms with Crippen LogP contribution in [0.3, 0.4) is 0 Å². The molecule has 1 heterocycles. The Morgan fingerprint density at radius 2 is 1.89 bits per heavy atom. The highest BCUT2D eigenvalue weighted by Gasteiger charge is 2.20. The minimum atomic E-state index is -0.730. The van der Waals surface area contributed by atoms with E-state index in [0.717, 1.165) is 6.07 Å². The Bertz CT molecular complexity index is 1070. The van der Waals surface area contributed by atoms with Gasteiger partial charge in [0.1, 0.15) is 23.2 Å². The van der Waals surface area contributed by atoms with Crippen molar-refractivity contribution in [2.24, 2.45) is 0 Å². The molecular formula is C20H15Cl2FN2O3. The Hall–Kier alpha value is -2.83. The quantitative estimate of drug-likeness (QED) is 0.556. The van der Waals surface area contributed by atoms with Gasteiger partial charge in [-0.2, -0.15) is 0 Å². The van der Waals surface area contributed by atoms with Crippen molar-refractivity contribution in [1.29, 1.82) is 0 Å². The van der Waals surface area contributed by atoms with Crippen molar-refractivity contribution in [2.45, 2.75) is 13.0 Å². The molecule has 3 rings (SSSR count). The van der Waals surface area contributed by atoms with Crippen LogP contribution < -0.4 is 15.6 Å². The Labute approximate surface area is 170 Å². The van der Waals surface area contributed by atoms with Crippen LogP contribution in [0.4, 0.5) is 10.1 Å². The molecule has 0 unspecified atom stereocenters. The molecule has 8 heteroatoms. The molecule has 5 nitrogen and oxygen atoms in total. The zero-order valence-corrected chi connectivity index (χ0v) is 16.1. The van der Waals surface area contributed by atoms with Gasteiger partial charge in [0.15, 0.2) is 0 Å². The monoisotopic (exact) mass is 420 g/mol. The molecule has 0 fully saturated rings. The second-order valence-corrected chi connectivity index (χ2v) is 6.70. The molecule has 0 bridgehead atoms. The van der Waals surface area contributed by atoms with E-state index in [1.165, 1.54) is 18.3 Å². The SMILES string of the molecule is C[C@@H](Oc1c[nH]c(=O)c(C(=O)Nc2ccccc2)c1)c1c(Cl)ccc(F)c1Cl. The summed E-state index contributed by atoms with van der Waals surface area (Å²) in [4.78, 5) is 26.9. The van der Waals surface area contributed by atoms with E-state index in [9.17, 15) is 14.0 Å². The molecule has 2 aromatic carbocycles. The first-order chi connectivity index (χ1) is 13.4. The molecule has 1 amide bonds. The lowest BCUT2D eigenvalue weighted by Gasteiger charge is -2.18. The van der Waals surface area contributed by atoms with Crippen LogP contribution in [0, 0.1) is 5.82 Å². The van der Waals surface area contributed by atoms with Gasteiger partial charge < -0.3 is 15.0 Å². The molecule has 0 spiro atoms. The summed E-state index contributed by atoms with van der Waals surface area (Å²) in [5.41, 5.74) is 0.106. The summed E-state index contributed by atoms with van der Waals surface area (Å²) in [6.45, 7) is 1.63. The fraction of sp³-hybridized carbons (Fsp3) is 0.100. The third-order valence-electron chi connectivity index (χ3n) is 3.95. The number of para-hydroxylation sites is 1. The van der Waals surface area contributed by atoms with Crippen LogP contribution in [0.5, 0.6) is 5.75 Å². The van der Waals surface area contributed by atoms with E-state index in [2.05, 4.69) is 10.3 Å². The first-order valence-corrected chi connectivity index (χ1v) is 9.01. The summed E-state index contributed by atoms with van der Waals surface area (Å²) in [7, 11) is 0. The maximum Gasteiger partial charge on any atom is 0.261 e. The van der Waals surface area contributed by atoms with Crippen LogP contribution in [0.2, 0.25) is 10.0 Å². The number of aromatic nitrogens is 1. The highest BCUT2D eigenvalue weighted by atomic mass is 35.5. The third-order valence-corrected chi connectivity index (χ3v) is 4.67. The van der Waals surface area contributed by atoms with Crippen LogP contribution in [0.1, 0.15) is 28.9 Å². The van der Waals surface area contributed by atoms with Crippen LogP contribution in [-0.2, 0) is 0 Å². The van der Waals surface area contributed by atoms with Gasteiger partial charge in [-0.1, -0.05) is 41.4 Å². The fourth-order valence-corrected chi connectivity index (χ4v) is 3.28. The van der Waals surface area contributed by atoms with Gasteiger partial charge in [0, 0.05) is 28.5 Å². The normalized spacial score (nSPS) is 11.7. The van der Waals surface area contributed by atoms with Gasteiger partial charge >= 0.3 is 0 Å². The van der Waals surface area contributed by atoms with Crippen molar-refractivity contribution >= 4 is 34.8 Å². The topological polar surface area (TPSA) is 71.2 Å². The van der Waals surface area contributed by atoms with Crippen LogP contribution in [-0.4, -0.2) is 10.9 Å². The Balaban J connectivity index is 1.85. The number of anilines is 1. The summed E-state index contributed by atoms with van der Waals surface area (Å²) in [6, 6.07) is 12.6. The number of pyridine rings is 1. The smallest absolute Gasteiger partial charge is 0.261 e. The molecular weight excluding hydrogens is 406 g/mol. The number of benzene rings is 2. The van der Waals surface area contributed by atoms with E-state index >= 15 is 0 Å². The molecule has 0 radical (unpaired) electrons. The Morgan fingerprint density at radius 1 is 1.18 bits per heavy atom. The van der Waals surface area contributed by atoms with E-state index in [-0.39, 0.29) is 26.9 Å². The highest BCUT2D eigenvalue weighted by Crippen LogP contribution is 2.34. The number of aromatic amines is 1. The first-order valence-electron chi connectivity index (χ1n) is 8.26. The summed E-state index contributed by atoms with van der Waals surface area (Å²) in [5.74, 6) is -1.02. The summed E-state index contributed by atoms with van der Waals surface area (Å²) >= 11 is 12.1. The van der Waals surface area contributed by atoms with Gasteiger partial charge in [-0.3, -0.25) is 9.59 Å². The molecule has 0 aliphatic rings. The van der Waals surface area contributed by atoms with Crippen molar-refractivity contribution < 1.29 is 13.9 Å². The second-order valence-electron chi connectivity index (χ2n) is 5.92. The molecule has 144 valence electrons. The number of H-pyrrole nitrogens is 1. The van der Waals surface area contributed by atoms with Gasteiger partial charge in [0.05, 0.1) is 5.02 Å². The van der Waals surface area contributed by atoms with Crippen molar-refractivity contribution in [2.75, 3.05) is 5.32 Å². The Kier molecular flexibility index (Phi) is 6.02. The lowest BCUT2D eigenvalue weighted by atomic mass is 10.1. The number of rotatable bonds is 5. The number of ether oxygens (including phenoxy) is 1. The number of amides is 1. The summed E-state index contributed by atoms with van der Waals surface area (Å²) in [5, 5.41) is 2.72. The number of hydrogen-bond donors (Lipinski definition) is 2. The average Bonchev–Trinajstić information content (AvgIpc) is 2.67. The largest absolute Gasteiger partial charge is 0.484 e. The molecule has 3 aromatic rings. The maximum absolute atomic E-state index is 13.7. The minimum Gasteiger partial charge on any atom is -0.484 e. The predicted octanol–water partition coefficient (Wildman–Crippen LogP) is 5.21. The van der Waals surface area contributed by atoms with Crippen LogP contribution >= 0.6 is 23.2 Å². The number of carbonyl (C=O) groups excluding carboxylic acids is 1. The van der Waals surface area contributed by atoms with Gasteiger partial charge in [0.2, 0.25) is 0 Å². The van der Waals surface area contributed by atoms with Gasteiger partial charge in [-0.05, 0) is 31.2 Å². The van der Waals surface area contributed by atoms with E-state index in [1.54, 1.807) is 37.3 Å². The molecule has 28 heavy (non-hydrogen) atoms. The fourth-order valence-electron chi connectivity index (χ4n) is 2.60. The average molecular weight is 421 g/mol. The molecule has 2 N–H and O–H groups in total. The van der Waals surface area contributed by atoms with Crippen molar-refractivity contribution in [3.8, 4) is 5.75 Å². The molecule has 0 saturated heterocycles. The number of hydrogen-bond acceptors (Lipinski definition) is 3. The third kappa shape index (κ3) is 4.35. The van der Waals surface area contributed by atoms with Crippen LogP contribution in [0.25, 0.3) is 0 Å². The summed E-state index contributed by atoms with van der Waals surface area (Å²) in [6.07, 6.45) is 0.575. The van der Waals surface area contributed by atoms with Crippen molar-refractivity contribution in [3.05, 3.63) is 92.1 Å². The van der Waals surface area contributed by atoms with E-state index in [1.807, 2.05) is 0 Å². The lowest BCUT2D eigenvalue weighted by Crippen LogP contribution is -2.23. The standard InChI is InChI=1S/C20H15Cl2FN2O3/c1-11(17-15(21)7-8-16(23)18(17)22)28-13-9-14(19(26)24-10-13)20(27)25-12-5-3-2-4-6-12/h2-11H,1H3,(H,24,26)(H,25,27)/t11-/m1/s1. The molecule has 1 atom stereocenters. The molecule has 1 aromatic heterocycles. The molecule has 0 saturated carbocycles. The van der Waals surface area contributed by atoms with E-state index < -0.39 is 23.4 Å². The lowest BCUT2D eigenvalue weighted by molar-refractivity contribution is 0.102. The van der Waals surface area contributed by atoms with E-state index in [0.29, 0.717) is 5.69 Å². The zero-order chi connectivity index (χ0) is 20.3. The highest BCUT2D eigenvalue weighted by molar-refractivity contribution is 6.36. The summed E-state index contributed by atoms with van der Waals surface area (Å²) < 4.78 is 19.5. The number of nitrogens with one attached hydrogen (secondary N) is 2. The Morgan fingerprint density at radius 3 is 2.61 bits per heavy atom. The maximum atomic E-state index is 13.7. The van der Waals surface area contributed by atoms with Gasteiger partial charge in [-0.25, -0.2) is 4.39 Å². The second kappa shape index (κ2) is 8.46. The van der Waals surface area contributed by atoms with Gasteiger partial charge in [0.25, 0.3) is 11.5 Å². The number of carbonyl (C=O) groups is 1. The van der Waals surface area contributed by atoms with Crippen molar-refractivity contribution in [3.63, 3.8) is 0 Å². The van der Waals surface area contributed by atoms with Gasteiger partial charge in [-0.15, -0.1) is 0 Å². The van der Waals surface area contributed by atoms with E-state index in [4.69, 9.17) is 27.9 Å². The predicted molar refractivity (Wildman–Crippen MR) is 107 cm³/mol. The van der Waals surface area contributed by atoms with Crippen molar-refractivity contribution in [1.82, 2.24) is 4.98 Å². The van der Waals surface area contributed by atoms with Crippen LogP contribution in [0.15, 0.2) is 59.5 Å².